The van der Waals surface area contributed by atoms with Gasteiger partial charge in [-0.1, -0.05) is 70.2 Å². The second kappa shape index (κ2) is 18.2. The zero-order valence-electron chi connectivity index (χ0n) is 28.0. The highest BCUT2D eigenvalue weighted by Gasteiger charge is 2.49. The summed E-state index contributed by atoms with van der Waals surface area (Å²) in [5.74, 6) is 1.23. The van der Waals surface area contributed by atoms with Crippen molar-refractivity contribution < 1.29 is 24.3 Å². The molecule has 0 spiro atoms. The number of benzene rings is 1. The van der Waals surface area contributed by atoms with E-state index < -0.39 is 18.3 Å². The van der Waals surface area contributed by atoms with Crippen LogP contribution in [0, 0.1) is 29.1 Å². The molecule has 4 N–H and O–H groups in total. The third-order valence-electron chi connectivity index (χ3n) is 10.5. The van der Waals surface area contributed by atoms with E-state index >= 15 is 0 Å². The van der Waals surface area contributed by atoms with E-state index in [1.807, 2.05) is 12.1 Å². The molecule has 8 nitrogen and oxygen atoms in total. The van der Waals surface area contributed by atoms with E-state index in [0.29, 0.717) is 30.3 Å². The molecule has 3 fully saturated rings. The van der Waals surface area contributed by atoms with Crippen LogP contribution in [0.5, 0.6) is 0 Å². The van der Waals surface area contributed by atoms with Gasteiger partial charge in [0, 0.05) is 12.6 Å². The third-order valence-corrected chi connectivity index (χ3v) is 10.5. The third kappa shape index (κ3) is 11.2. The molecule has 3 aliphatic carbocycles. The molecule has 0 aromatic heterocycles. The Labute approximate surface area is 271 Å². The number of aliphatic carboxylic acids is 1. The minimum atomic E-state index is -0.629. The number of hydrogen-bond acceptors (Lipinski definition) is 6. The molecule has 3 saturated carbocycles. The molecule has 8 heteroatoms. The molecule has 45 heavy (non-hydrogen) atoms. The Morgan fingerprint density at radius 3 is 2.31 bits per heavy atom. The molecule has 3 aliphatic rings. The van der Waals surface area contributed by atoms with Crippen LogP contribution in [0.3, 0.4) is 0 Å². The summed E-state index contributed by atoms with van der Waals surface area (Å²) in [5, 5.41) is 17.6. The Bertz CT molecular complexity index is 1070. The number of hydrogen-bond donors (Lipinski definition) is 4. The van der Waals surface area contributed by atoms with Gasteiger partial charge in [0.2, 0.25) is 0 Å². The largest absolute Gasteiger partial charge is 0.480 e. The first kappa shape index (κ1) is 35.6. The highest BCUT2D eigenvalue weighted by Crippen LogP contribution is 2.51. The summed E-state index contributed by atoms with van der Waals surface area (Å²) in [6.45, 7) is 9.05. The zero-order valence-corrected chi connectivity index (χ0v) is 28.0. The normalized spacial score (nSPS) is 23.7. The number of hydroxylamine groups is 1. The lowest BCUT2D eigenvalue weighted by atomic mass is 9.61. The molecule has 1 aromatic carbocycles. The van der Waals surface area contributed by atoms with Gasteiger partial charge in [0.15, 0.2) is 6.29 Å². The summed E-state index contributed by atoms with van der Waals surface area (Å²) in [7, 11) is 0. The van der Waals surface area contributed by atoms with Crippen LogP contribution in [0.1, 0.15) is 115 Å². The highest BCUT2D eigenvalue weighted by molar-refractivity contribution is 5.90. The zero-order chi connectivity index (χ0) is 32.1. The van der Waals surface area contributed by atoms with Crippen LogP contribution >= 0.6 is 0 Å². The van der Waals surface area contributed by atoms with Crippen LogP contribution in [0.15, 0.2) is 30.3 Å². The van der Waals surface area contributed by atoms with Crippen LogP contribution in [0.25, 0.3) is 6.08 Å². The average Bonchev–Trinajstić information content (AvgIpc) is 3.59. The van der Waals surface area contributed by atoms with Crippen molar-refractivity contribution in [2.45, 2.75) is 123 Å². The maximum absolute atomic E-state index is 12.6. The molecule has 1 amide bonds. The Balaban J connectivity index is 1.15. The van der Waals surface area contributed by atoms with E-state index in [-0.39, 0.29) is 11.3 Å². The van der Waals surface area contributed by atoms with Crippen molar-refractivity contribution in [2.75, 3.05) is 19.7 Å². The topological polar surface area (TPSA) is 109 Å². The number of rotatable bonds is 17. The second-order valence-corrected chi connectivity index (χ2v) is 14.4. The predicted molar refractivity (Wildman–Crippen MR) is 179 cm³/mol. The van der Waals surface area contributed by atoms with Gasteiger partial charge in [-0.15, -0.1) is 0 Å². The van der Waals surface area contributed by atoms with Crippen molar-refractivity contribution >= 4 is 18.0 Å². The summed E-state index contributed by atoms with van der Waals surface area (Å²) in [5.41, 5.74) is 4.52. The van der Waals surface area contributed by atoms with E-state index in [2.05, 4.69) is 42.1 Å². The monoisotopic (exact) mass is 625 g/mol. The summed E-state index contributed by atoms with van der Waals surface area (Å²) in [6.07, 6.45) is 18.2. The SMILES string of the molecule is CC(C)COC(C)ONC(=O)C=Cc1cccc(CNCC2CCC(CN[C@H](C(=O)O)C3(C4CCCC4)CCCCC3)CC2)c1. The Hall–Kier alpha value is -2.26. The van der Waals surface area contributed by atoms with Gasteiger partial charge in [0.1, 0.15) is 6.04 Å². The number of carbonyl (C=O) groups is 2. The molecule has 0 heterocycles. The fraction of sp³-hybridized carbons (Fsp3) is 0.730. The van der Waals surface area contributed by atoms with Crippen molar-refractivity contribution in [1.29, 1.82) is 0 Å². The Morgan fingerprint density at radius 2 is 1.64 bits per heavy atom. The maximum atomic E-state index is 12.6. The smallest absolute Gasteiger partial charge is 0.321 e. The average molecular weight is 626 g/mol. The van der Waals surface area contributed by atoms with Gasteiger partial charge in [-0.2, -0.15) is 0 Å². The van der Waals surface area contributed by atoms with Crippen LogP contribution in [0.2, 0.25) is 0 Å². The lowest BCUT2D eigenvalue weighted by Gasteiger charge is -2.47. The molecule has 0 saturated heterocycles. The first-order valence-corrected chi connectivity index (χ1v) is 17.8. The number of carbonyl (C=O) groups excluding carboxylic acids is 1. The fourth-order valence-corrected chi connectivity index (χ4v) is 8.04. The predicted octanol–water partition coefficient (Wildman–Crippen LogP) is 6.85. The van der Waals surface area contributed by atoms with Gasteiger partial charge in [-0.05, 0) is 118 Å². The van der Waals surface area contributed by atoms with Crippen LogP contribution < -0.4 is 16.1 Å². The summed E-state index contributed by atoms with van der Waals surface area (Å²) >= 11 is 0. The molecule has 1 unspecified atom stereocenters. The number of amides is 1. The van der Waals surface area contributed by atoms with Gasteiger partial charge < -0.3 is 20.5 Å². The minimum absolute atomic E-state index is 0.0450. The Morgan fingerprint density at radius 1 is 0.956 bits per heavy atom. The highest BCUT2D eigenvalue weighted by atomic mass is 16.8. The summed E-state index contributed by atoms with van der Waals surface area (Å²) in [6, 6.07) is 7.80. The molecule has 0 aliphatic heterocycles. The Kier molecular flexibility index (Phi) is 14.4. The van der Waals surface area contributed by atoms with Crippen molar-refractivity contribution in [2.24, 2.45) is 29.1 Å². The summed E-state index contributed by atoms with van der Waals surface area (Å²) in [4.78, 5) is 30.0. The minimum Gasteiger partial charge on any atom is -0.480 e. The summed E-state index contributed by atoms with van der Waals surface area (Å²) < 4.78 is 5.50. The van der Waals surface area contributed by atoms with Crippen molar-refractivity contribution in [1.82, 2.24) is 16.1 Å². The van der Waals surface area contributed by atoms with Gasteiger partial charge in [0.05, 0.1) is 6.61 Å². The van der Waals surface area contributed by atoms with E-state index in [1.165, 1.54) is 69.4 Å². The molecule has 1 aromatic rings. The van der Waals surface area contributed by atoms with E-state index in [4.69, 9.17) is 9.57 Å². The van der Waals surface area contributed by atoms with Crippen LogP contribution in [-0.2, 0) is 25.7 Å². The van der Waals surface area contributed by atoms with Crippen molar-refractivity contribution in [3.63, 3.8) is 0 Å². The van der Waals surface area contributed by atoms with E-state index in [1.54, 1.807) is 13.0 Å². The van der Waals surface area contributed by atoms with Crippen molar-refractivity contribution in [3.05, 3.63) is 41.5 Å². The molecule has 0 radical (unpaired) electrons. The number of ether oxygens (including phenoxy) is 1. The quantitative estimate of drug-likeness (QED) is 0.0852. The number of carboxylic acids is 1. The van der Waals surface area contributed by atoms with Crippen LogP contribution in [0.4, 0.5) is 0 Å². The van der Waals surface area contributed by atoms with Gasteiger partial charge in [-0.25, -0.2) is 10.3 Å². The van der Waals surface area contributed by atoms with Crippen LogP contribution in [-0.4, -0.2) is 49.0 Å². The lowest BCUT2D eigenvalue weighted by molar-refractivity contribution is -0.180. The van der Waals surface area contributed by atoms with E-state index in [9.17, 15) is 14.7 Å². The maximum Gasteiger partial charge on any atom is 0.321 e. The molecular weight excluding hydrogens is 566 g/mol. The van der Waals surface area contributed by atoms with Gasteiger partial charge in [-0.3, -0.25) is 9.59 Å². The molecule has 0 bridgehead atoms. The van der Waals surface area contributed by atoms with Gasteiger partial charge in [0.25, 0.3) is 5.91 Å². The second-order valence-electron chi connectivity index (χ2n) is 14.4. The molecular formula is C37H59N3O5. The standard InChI is InChI=1S/C37H59N3O5/c1-27(2)26-44-28(3)45-40-34(41)19-18-29-10-9-11-32(22-29)24-38-23-30-14-16-31(17-15-30)25-39-35(36(42)43)37(20-7-4-8-21-37)33-12-5-6-13-33/h9-11,18-19,22,27-28,30-31,33,35,38-39H,4-8,12-17,20-21,23-26H2,1-3H3,(H,40,41)(H,42,43)/t28?,30?,31?,35-/m1/s1. The van der Waals surface area contributed by atoms with E-state index in [0.717, 1.165) is 50.9 Å². The fourth-order valence-electron chi connectivity index (χ4n) is 8.04. The molecule has 252 valence electrons. The first-order valence-electron chi connectivity index (χ1n) is 17.8. The first-order chi connectivity index (χ1) is 21.7. The molecule has 2 atom stereocenters. The number of carboxylic acid groups (broad SMARTS) is 1. The molecule has 4 rings (SSSR count). The number of nitrogens with one attached hydrogen (secondary N) is 3. The van der Waals surface area contributed by atoms with Crippen molar-refractivity contribution in [3.8, 4) is 0 Å². The van der Waals surface area contributed by atoms with Gasteiger partial charge >= 0.3 is 5.97 Å². The lowest BCUT2D eigenvalue weighted by Crippen LogP contribution is -2.55.